The molecule has 0 aromatic heterocycles. The summed E-state index contributed by atoms with van der Waals surface area (Å²) in [6.45, 7) is 1.56. The number of hydrogen-bond donors (Lipinski definition) is 0. The van der Waals surface area contributed by atoms with E-state index in [0.717, 1.165) is 23.3 Å². The zero-order valence-electron chi connectivity index (χ0n) is 12.3. The van der Waals surface area contributed by atoms with Crippen molar-refractivity contribution in [2.24, 2.45) is 5.10 Å². The molecule has 112 valence electrons. The fourth-order valence-corrected chi connectivity index (χ4v) is 3.44. The van der Waals surface area contributed by atoms with Crippen molar-refractivity contribution in [1.82, 2.24) is 5.01 Å². The lowest BCUT2D eigenvalue weighted by molar-refractivity contribution is -0.130. The van der Waals surface area contributed by atoms with E-state index in [4.69, 9.17) is 0 Å². The molecule has 1 aliphatic rings. The monoisotopic (exact) mass is 356 g/mol. The molecule has 0 aliphatic carbocycles. The van der Waals surface area contributed by atoms with Crippen molar-refractivity contribution < 1.29 is 4.79 Å². The van der Waals surface area contributed by atoms with Gasteiger partial charge in [0, 0.05) is 13.3 Å². The van der Waals surface area contributed by atoms with E-state index >= 15 is 0 Å². The second-order valence-electron chi connectivity index (χ2n) is 5.36. The van der Waals surface area contributed by atoms with Crippen LogP contribution in [0.4, 0.5) is 0 Å². The van der Waals surface area contributed by atoms with E-state index in [0.29, 0.717) is 0 Å². The molecule has 0 bridgehead atoms. The summed E-state index contributed by atoms with van der Waals surface area (Å²) in [4.78, 5) is 12.0. The van der Waals surface area contributed by atoms with Crippen molar-refractivity contribution in [3.63, 3.8) is 0 Å². The first-order valence-corrected chi connectivity index (χ1v) is 8.20. The Labute approximate surface area is 138 Å². The Hall–Kier alpha value is -1.94. The molecule has 1 amide bonds. The molecular weight excluding hydrogens is 340 g/mol. The maximum atomic E-state index is 12.0. The minimum atomic E-state index is -0.0312. The minimum Gasteiger partial charge on any atom is -0.273 e. The predicted molar refractivity (Wildman–Crippen MR) is 92.0 cm³/mol. The standard InChI is InChI=1S/C18H17BrN2O/c1-13(22)21-17(18(19)15-10-6-3-7-11-15)12-16(20-21)14-8-4-2-5-9-14/h2-11,17-18H,12H2,1H3. The average Bonchev–Trinajstić information content (AvgIpc) is 3.01. The van der Waals surface area contributed by atoms with Crippen LogP contribution in [-0.4, -0.2) is 22.7 Å². The van der Waals surface area contributed by atoms with Gasteiger partial charge in [-0.1, -0.05) is 76.6 Å². The van der Waals surface area contributed by atoms with Crippen LogP contribution in [0, 0.1) is 0 Å². The molecule has 2 atom stereocenters. The molecule has 2 unspecified atom stereocenters. The molecule has 0 N–H and O–H groups in total. The van der Waals surface area contributed by atoms with Crippen LogP contribution in [-0.2, 0) is 4.79 Å². The average molecular weight is 357 g/mol. The first kappa shape index (κ1) is 15.0. The second-order valence-corrected chi connectivity index (χ2v) is 6.35. The molecule has 22 heavy (non-hydrogen) atoms. The highest BCUT2D eigenvalue weighted by Crippen LogP contribution is 2.36. The summed E-state index contributed by atoms with van der Waals surface area (Å²) < 4.78 is 0. The van der Waals surface area contributed by atoms with Gasteiger partial charge in [-0.05, 0) is 11.1 Å². The summed E-state index contributed by atoms with van der Waals surface area (Å²) in [7, 11) is 0. The highest BCUT2D eigenvalue weighted by Gasteiger charge is 2.35. The van der Waals surface area contributed by atoms with Gasteiger partial charge in [-0.25, -0.2) is 5.01 Å². The van der Waals surface area contributed by atoms with Crippen LogP contribution >= 0.6 is 15.9 Å². The SMILES string of the molecule is CC(=O)N1N=C(c2ccccc2)CC1C(Br)c1ccccc1. The van der Waals surface area contributed by atoms with Gasteiger partial charge >= 0.3 is 0 Å². The van der Waals surface area contributed by atoms with Crippen LogP contribution in [0.15, 0.2) is 65.8 Å². The van der Waals surface area contributed by atoms with E-state index in [-0.39, 0.29) is 16.8 Å². The molecule has 2 aromatic carbocycles. The molecule has 3 nitrogen and oxygen atoms in total. The molecule has 0 spiro atoms. The van der Waals surface area contributed by atoms with E-state index in [1.807, 2.05) is 48.5 Å². The summed E-state index contributed by atoms with van der Waals surface area (Å²) >= 11 is 3.75. The molecule has 0 fully saturated rings. The van der Waals surface area contributed by atoms with E-state index in [9.17, 15) is 4.79 Å². The largest absolute Gasteiger partial charge is 0.273 e. The zero-order valence-corrected chi connectivity index (χ0v) is 13.9. The summed E-state index contributed by atoms with van der Waals surface area (Å²) in [6, 6.07) is 20.2. The molecular formula is C18H17BrN2O. The van der Waals surface area contributed by atoms with E-state index in [2.05, 4.69) is 33.2 Å². The lowest BCUT2D eigenvalue weighted by atomic mass is 9.98. The number of alkyl halides is 1. The van der Waals surface area contributed by atoms with Crippen LogP contribution in [0.5, 0.6) is 0 Å². The number of carbonyl (C=O) groups excluding carboxylic acids is 1. The predicted octanol–water partition coefficient (Wildman–Crippen LogP) is 4.15. The molecule has 0 saturated carbocycles. The topological polar surface area (TPSA) is 32.7 Å². The molecule has 2 aromatic rings. The normalized spacial score (nSPS) is 18.9. The number of amides is 1. The second kappa shape index (κ2) is 6.44. The van der Waals surface area contributed by atoms with Gasteiger partial charge in [0.2, 0.25) is 5.91 Å². The third-order valence-electron chi connectivity index (χ3n) is 3.83. The van der Waals surface area contributed by atoms with Gasteiger partial charge in [0.15, 0.2) is 0 Å². The molecule has 1 aliphatic heterocycles. The molecule has 4 heteroatoms. The first-order valence-electron chi connectivity index (χ1n) is 7.28. The van der Waals surface area contributed by atoms with Crippen LogP contribution in [0.2, 0.25) is 0 Å². The van der Waals surface area contributed by atoms with Crippen molar-refractivity contribution in [2.75, 3.05) is 0 Å². The fourth-order valence-electron chi connectivity index (χ4n) is 2.73. The van der Waals surface area contributed by atoms with Crippen molar-refractivity contribution in [3.05, 3.63) is 71.8 Å². The Bertz CT molecular complexity index is 685. The first-order chi connectivity index (χ1) is 10.7. The lowest BCUT2D eigenvalue weighted by Gasteiger charge is -2.25. The Kier molecular flexibility index (Phi) is 4.39. The summed E-state index contributed by atoms with van der Waals surface area (Å²) in [5.41, 5.74) is 3.19. The Morgan fingerprint density at radius 2 is 1.73 bits per heavy atom. The van der Waals surface area contributed by atoms with Crippen molar-refractivity contribution >= 4 is 27.5 Å². The van der Waals surface area contributed by atoms with Gasteiger partial charge in [0.1, 0.15) is 0 Å². The molecule has 0 saturated heterocycles. The van der Waals surface area contributed by atoms with Gasteiger partial charge in [0.25, 0.3) is 0 Å². The fraction of sp³-hybridized carbons (Fsp3) is 0.222. The maximum Gasteiger partial charge on any atom is 0.239 e. The van der Waals surface area contributed by atoms with Gasteiger partial charge in [-0.2, -0.15) is 5.10 Å². The Morgan fingerprint density at radius 1 is 1.14 bits per heavy atom. The summed E-state index contributed by atoms with van der Waals surface area (Å²) in [5, 5.41) is 6.16. The minimum absolute atomic E-state index is 0.00453. The van der Waals surface area contributed by atoms with Gasteiger partial charge in [0.05, 0.1) is 16.6 Å². The van der Waals surface area contributed by atoms with E-state index in [1.165, 1.54) is 0 Å². The van der Waals surface area contributed by atoms with Crippen LogP contribution in [0.1, 0.15) is 29.3 Å². The number of carbonyl (C=O) groups is 1. The highest BCUT2D eigenvalue weighted by atomic mass is 79.9. The van der Waals surface area contributed by atoms with Crippen LogP contribution < -0.4 is 0 Å². The number of benzene rings is 2. The quantitative estimate of drug-likeness (QED) is 0.760. The number of nitrogens with zero attached hydrogens (tertiary/aromatic N) is 2. The third-order valence-corrected chi connectivity index (χ3v) is 4.97. The van der Waals surface area contributed by atoms with E-state index in [1.54, 1.807) is 11.9 Å². The summed E-state index contributed by atoms with van der Waals surface area (Å²) in [6.07, 6.45) is 0.744. The number of rotatable bonds is 3. The van der Waals surface area contributed by atoms with Crippen molar-refractivity contribution in [1.29, 1.82) is 0 Å². The summed E-state index contributed by atoms with van der Waals surface area (Å²) in [5.74, 6) is -0.0312. The van der Waals surface area contributed by atoms with Gasteiger partial charge < -0.3 is 0 Å². The van der Waals surface area contributed by atoms with Crippen LogP contribution in [0.25, 0.3) is 0 Å². The third kappa shape index (κ3) is 2.97. The smallest absolute Gasteiger partial charge is 0.239 e. The number of hydrazone groups is 1. The number of halogens is 1. The lowest BCUT2D eigenvalue weighted by Crippen LogP contribution is -2.33. The number of hydrogen-bond acceptors (Lipinski definition) is 2. The maximum absolute atomic E-state index is 12.0. The van der Waals surface area contributed by atoms with Gasteiger partial charge in [-0.3, -0.25) is 4.79 Å². The van der Waals surface area contributed by atoms with E-state index < -0.39 is 0 Å². The highest BCUT2D eigenvalue weighted by molar-refractivity contribution is 9.09. The molecule has 3 rings (SSSR count). The van der Waals surface area contributed by atoms with Gasteiger partial charge in [-0.15, -0.1) is 0 Å². The molecule has 1 heterocycles. The molecule has 0 radical (unpaired) electrons. The van der Waals surface area contributed by atoms with Crippen molar-refractivity contribution in [2.45, 2.75) is 24.2 Å². The Morgan fingerprint density at radius 3 is 2.32 bits per heavy atom. The zero-order chi connectivity index (χ0) is 15.5. The van der Waals surface area contributed by atoms with Crippen LogP contribution in [0.3, 0.4) is 0 Å². The Balaban J connectivity index is 1.88. The van der Waals surface area contributed by atoms with Crippen molar-refractivity contribution in [3.8, 4) is 0 Å².